The van der Waals surface area contributed by atoms with Gasteiger partial charge >= 0.3 is 0 Å². The number of fused-ring (bicyclic) bond motifs is 3. The predicted octanol–water partition coefficient (Wildman–Crippen LogP) is 11.2. The van der Waals surface area contributed by atoms with E-state index in [0.717, 1.165) is 12.8 Å². The smallest absolute Gasteiger partial charge is 0.0210 e. The van der Waals surface area contributed by atoms with Crippen LogP contribution in [0.4, 0.5) is 0 Å². The monoisotopic (exact) mass is 562 g/mol. The van der Waals surface area contributed by atoms with Gasteiger partial charge in [0.2, 0.25) is 0 Å². The van der Waals surface area contributed by atoms with Crippen molar-refractivity contribution in [2.75, 3.05) is 0 Å². The van der Waals surface area contributed by atoms with Gasteiger partial charge in [-0.1, -0.05) is 175 Å². The Bertz CT molecular complexity index is 1700. The van der Waals surface area contributed by atoms with Crippen molar-refractivity contribution in [1.82, 2.24) is 0 Å². The SMILES string of the molecule is CC(C)(C)c1ccc2c(c1C1C=CC=C1)Cc1cc(C(C)(C)C=C(Cc3ccccc3)C(C)(C)c3ccccc3)ccc1-2. The van der Waals surface area contributed by atoms with E-state index >= 15 is 0 Å². The summed E-state index contributed by atoms with van der Waals surface area (Å²) in [6.07, 6.45) is 13.6. The number of rotatable bonds is 7. The normalized spacial score (nSPS) is 15.2. The lowest BCUT2D eigenvalue weighted by molar-refractivity contribution is 0.575. The van der Waals surface area contributed by atoms with Crippen LogP contribution in [0.25, 0.3) is 11.1 Å². The van der Waals surface area contributed by atoms with Crippen LogP contribution in [-0.4, -0.2) is 0 Å². The van der Waals surface area contributed by atoms with E-state index in [2.05, 4.69) is 170 Å². The molecule has 0 saturated carbocycles. The third-order valence-electron chi connectivity index (χ3n) is 9.82. The molecule has 4 aromatic rings. The molecule has 0 nitrogen and oxygen atoms in total. The second-order valence-electron chi connectivity index (χ2n) is 14.7. The molecular formula is C43H46. The van der Waals surface area contributed by atoms with Crippen LogP contribution in [0.2, 0.25) is 0 Å². The van der Waals surface area contributed by atoms with Crippen molar-refractivity contribution >= 4 is 0 Å². The third kappa shape index (κ3) is 5.61. The molecule has 4 aromatic carbocycles. The highest BCUT2D eigenvalue weighted by molar-refractivity contribution is 5.80. The topological polar surface area (TPSA) is 0 Å². The van der Waals surface area contributed by atoms with Crippen molar-refractivity contribution in [2.24, 2.45) is 0 Å². The van der Waals surface area contributed by atoms with Crippen LogP contribution >= 0.6 is 0 Å². The number of hydrogen-bond acceptors (Lipinski definition) is 0. The third-order valence-corrected chi connectivity index (χ3v) is 9.82. The molecule has 0 heteroatoms. The Labute approximate surface area is 259 Å². The molecule has 218 valence electrons. The molecule has 0 radical (unpaired) electrons. The van der Waals surface area contributed by atoms with E-state index < -0.39 is 0 Å². The fourth-order valence-electron chi connectivity index (χ4n) is 7.19. The van der Waals surface area contributed by atoms with E-state index in [4.69, 9.17) is 0 Å². The zero-order chi connectivity index (χ0) is 30.4. The summed E-state index contributed by atoms with van der Waals surface area (Å²) in [4.78, 5) is 0. The molecule has 0 saturated heterocycles. The van der Waals surface area contributed by atoms with E-state index in [0.29, 0.717) is 5.92 Å². The molecule has 0 aromatic heterocycles. The Morgan fingerprint density at radius 3 is 1.98 bits per heavy atom. The van der Waals surface area contributed by atoms with E-state index in [1.807, 2.05) is 0 Å². The molecule has 0 atom stereocenters. The maximum atomic E-state index is 2.56. The lowest BCUT2D eigenvalue weighted by Gasteiger charge is -2.33. The standard InChI is InChI=1S/C43H46/c1-41(2,3)39-25-24-37-36-23-22-34(27-32(36)28-38(37)40(39)31-18-14-15-19-31)42(4,5)29-35(26-30-16-10-8-11-17-30)43(6,7)33-20-12-9-13-21-33/h8-25,27,29,31H,26,28H2,1-7H3. The summed E-state index contributed by atoms with van der Waals surface area (Å²) in [6, 6.07) is 34.0. The lowest BCUT2D eigenvalue weighted by atomic mass is 9.71. The van der Waals surface area contributed by atoms with Gasteiger partial charge in [0.15, 0.2) is 0 Å². The lowest BCUT2D eigenvalue weighted by Crippen LogP contribution is -2.25. The minimum Gasteiger partial charge on any atom is -0.0741 e. The van der Waals surface area contributed by atoms with Crippen molar-refractivity contribution in [2.45, 2.75) is 83.5 Å². The molecule has 43 heavy (non-hydrogen) atoms. The van der Waals surface area contributed by atoms with E-state index in [1.165, 1.54) is 55.6 Å². The Morgan fingerprint density at radius 1 is 0.698 bits per heavy atom. The molecule has 0 spiro atoms. The van der Waals surface area contributed by atoms with Crippen LogP contribution in [0.1, 0.15) is 93.3 Å². The van der Waals surface area contributed by atoms with Gasteiger partial charge in [-0.25, -0.2) is 0 Å². The van der Waals surface area contributed by atoms with Gasteiger partial charge in [0.25, 0.3) is 0 Å². The molecule has 6 rings (SSSR count). The van der Waals surface area contributed by atoms with Gasteiger partial charge in [0.1, 0.15) is 0 Å². The second kappa shape index (κ2) is 11.0. The van der Waals surface area contributed by atoms with Crippen molar-refractivity contribution in [3.8, 4) is 11.1 Å². The summed E-state index contributed by atoms with van der Waals surface area (Å²) in [6.45, 7) is 16.6. The highest BCUT2D eigenvalue weighted by atomic mass is 14.4. The van der Waals surface area contributed by atoms with Gasteiger partial charge in [-0.05, 0) is 68.3 Å². The van der Waals surface area contributed by atoms with Crippen molar-refractivity contribution < 1.29 is 0 Å². The number of benzene rings is 4. The molecule has 0 heterocycles. The second-order valence-corrected chi connectivity index (χ2v) is 14.7. The molecule has 0 aliphatic heterocycles. The average Bonchev–Trinajstić information content (AvgIpc) is 3.65. The van der Waals surface area contributed by atoms with E-state index in [9.17, 15) is 0 Å². The Kier molecular flexibility index (Phi) is 7.45. The predicted molar refractivity (Wildman–Crippen MR) is 185 cm³/mol. The van der Waals surface area contributed by atoms with Gasteiger partial charge in [-0.3, -0.25) is 0 Å². The summed E-state index contributed by atoms with van der Waals surface area (Å²) in [7, 11) is 0. The van der Waals surface area contributed by atoms with Gasteiger partial charge in [-0.15, -0.1) is 0 Å². The molecule has 2 aliphatic carbocycles. The fourth-order valence-corrected chi connectivity index (χ4v) is 7.19. The molecule has 0 amide bonds. The van der Waals surface area contributed by atoms with Crippen molar-refractivity contribution in [1.29, 1.82) is 0 Å². The molecule has 0 N–H and O–H groups in total. The molecule has 0 unspecified atom stereocenters. The summed E-state index contributed by atoms with van der Waals surface area (Å²) >= 11 is 0. The molecule has 0 fully saturated rings. The van der Waals surface area contributed by atoms with E-state index in [1.54, 1.807) is 0 Å². The van der Waals surface area contributed by atoms with E-state index in [-0.39, 0.29) is 16.2 Å². The molecule has 0 bridgehead atoms. The molecule has 2 aliphatic rings. The van der Waals surface area contributed by atoms with Gasteiger partial charge in [-0.2, -0.15) is 0 Å². The largest absolute Gasteiger partial charge is 0.0741 e. The number of hydrogen-bond donors (Lipinski definition) is 0. The zero-order valence-electron chi connectivity index (χ0n) is 27.0. The maximum absolute atomic E-state index is 2.56. The first-order valence-corrected chi connectivity index (χ1v) is 15.9. The van der Waals surface area contributed by atoms with Crippen molar-refractivity contribution in [3.63, 3.8) is 0 Å². The fraction of sp³-hybridized carbons (Fsp3) is 0.302. The van der Waals surface area contributed by atoms with Crippen LogP contribution in [0.15, 0.2) is 127 Å². The van der Waals surface area contributed by atoms with Crippen LogP contribution in [0.5, 0.6) is 0 Å². The Balaban J connectivity index is 1.41. The quantitative estimate of drug-likeness (QED) is 0.173. The summed E-state index contributed by atoms with van der Waals surface area (Å²) in [5.41, 5.74) is 14.2. The Morgan fingerprint density at radius 2 is 1.33 bits per heavy atom. The summed E-state index contributed by atoms with van der Waals surface area (Å²) in [5.74, 6) is 0.359. The first-order chi connectivity index (χ1) is 20.4. The van der Waals surface area contributed by atoms with Gasteiger partial charge in [0.05, 0.1) is 0 Å². The highest BCUT2D eigenvalue weighted by Gasteiger charge is 2.32. The van der Waals surface area contributed by atoms with Crippen LogP contribution in [0.3, 0.4) is 0 Å². The highest BCUT2D eigenvalue weighted by Crippen LogP contribution is 2.47. The first-order valence-electron chi connectivity index (χ1n) is 15.9. The van der Waals surface area contributed by atoms with Crippen molar-refractivity contribution in [3.05, 3.63) is 166 Å². The minimum absolute atomic E-state index is 0.0953. The van der Waals surface area contributed by atoms with Gasteiger partial charge in [0, 0.05) is 16.7 Å². The van der Waals surface area contributed by atoms with Crippen LogP contribution in [0, 0.1) is 0 Å². The van der Waals surface area contributed by atoms with Gasteiger partial charge < -0.3 is 0 Å². The number of allylic oxidation sites excluding steroid dienone is 6. The maximum Gasteiger partial charge on any atom is 0.0210 e. The van der Waals surface area contributed by atoms with Crippen LogP contribution in [-0.2, 0) is 29.1 Å². The molecular weight excluding hydrogens is 516 g/mol. The zero-order valence-corrected chi connectivity index (χ0v) is 27.0. The Hall–Kier alpha value is -3.90. The first kappa shape index (κ1) is 29.2. The average molecular weight is 563 g/mol. The summed E-state index contributed by atoms with van der Waals surface area (Å²) < 4.78 is 0. The summed E-state index contributed by atoms with van der Waals surface area (Å²) in [5, 5.41) is 0. The minimum atomic E-state index is -0.129. The van der Waals surface area contributed by atoms with Crippen LogP contribution < -0.4 is 0 Å².